The van der Waals surface area contributed by atoms with Crippen molar-refractivity contribution in [1.29, 1.82) is 0 Å². The van der Waals surface area contributed by atoms with Crippen molar-refractivity contribution < 1.29 is 19.3 Å². The van der Waals surface area contributed by atoms with Crippen LogP contribution in [0.15, 0.2) is 24.3 Å². The summed E-state index contributed by atoms with van der Waals surface area (Å²) in [6.45, 7) is 3.42. The molecule has 0 amide bonds. The molecule has 1 aromatic rings. The van der Waals surface area contributed by atoms with Gasteiger partial charge < -0.3 is 19.3 Å². The fraction of sp³-hybridized carbons (Fsp3) is 0.571. The lowest BCUT2D eigenvalue weighted by molar-refractivity contribution is 0.0824. The highest BCUT2D eigenvalue weighted by molar-refractivity contribution is 5.26. The zero-order valence-corrected chi connectivity index (χ0v) is 10.8. The quantitative estimate of drug-likeness (QED) is 0.749. The Hall–Kier alpha value is -1.10. The van der Waals surface area contributed by atoms with Gasteiger partial charge in [-0.25, -0.2) is 0 Å². The van der Waals surface area contributed by atoms with Crippen LogP contribution in [0.4, 0.5) is 0 Å². The first kappa shape index (κ1) is 13.3. The first-order chi connectivity index (χ1) is 8.74. The number of rotatable bonds is 7. The van der Waals surface area contributed by atoms with Gasteiger partial charge in [0.15, 0.2) is 0 Å². The van der Waals surface area contributed by atoms with E-state index < -0.39 is 0 Å². The molecule has 0 bridgehead atoms. The zero-order chi connectivity index (χ0) is 13.0. The van der Waals surface area contributed by atoms with Gasteiger partial charge in [-0.15, -0.1) is 0 Å². The molecule has 0 spiro atoms. The first-order valence-corrected chi connectivity index (χ1v) is 6.21. The molecule has 18 heavy (non-hydrogen) atoms. The Labute approximate surface area is 107 Å². The Morgan fingerprint density at radius 3 is 2.61 bits per heavy atom. The van der Waals surface area contributed by atoms with Crippen molar-refractivity contribution in [3.05, 3.63) is 29.8 Å². The Balaban J connectivity index is 1.68. The summed E-state index contributed by atoms with van der Waals surface area (Å²) in [5, 5.41) is 8.90. The topological polar surface area (TPSA) is 51.2 Å². The number of benzene rings is 1. The summed E-state index contributed by atoms with van der Waals surface area (Å²) in [5.74, 6) is 1.17. The van der Waals surface area contributed by atoms with Gasteiger partial charge in [0.25, 0.3) is 0 Å². The minimum Gasteiger partial charge on any atom is -0.497 e. The van der Waals surface area contributed by atoms with Crippen LogP contribution in [0.3, 0.4) is 0 Å². The maximum Gasteiger partial charge on any atom is 0.118 e. The normalized spacial score (nSPS) is 23.7. The summed E-state index contributed by atoms with van der Waals surface area (Å²) in [4.78, 5) is 0. The molecule has 1 aromatic carbocycles. The zero-order valence-electron chi connectivity index (χ0n) is 10.8. The van der Waals surface area contributed by atoms with Crippen molar-refractivity contribution in [2.75, 3.05) is 20.3 Å². The number of aliphatic hydroxyl groups excluding tert-OH is 1. The maximum absolute atomic E-state index is 8.90. The van der Waals surface area contributed by atoms with Crippen molar-refractivity contribution in [2.24, 2.45) is 5.92 Å². The first-order valence-electron chi connectivity index (χ1n) is 6.21. The second-order valence-corrected chi connectivity index (χ2v) is 4.66. The van der Waals surface area contributed by atoms with Gasteiger partial charge >= 0.3 is 0 Å². The van der Waals surface area contributed by atoms with Crippen molar-refractivity contribution >= 4 is 0 Å². The molecule has 1 heterocycles. The Morgan fingerprint density at radius 2 is 2.06 bits per heavy atom. The van der Waals surface area contributed by atoms with Crippen molar-refractivity contribution in [2.45, 2.75) is 25.7 Å². The standard InChI is InChI=1S/C14H20O4/c1-10(14-13(7-15)18-14)8-17-9-11-3-5-12(16-2)6-4-11/h3-6,10,13-15H,7-9H2,1-2H3/t10-,13+,14-/m1/s1. The van der Waals surface area contributed by atoms with Gasteiger partial charge in [-0.2, -0.15) is 0 Å². The number of ether oxygens (including phenoxy) is 3. The van der Waals surface area contributed by atoms with Gasteiger partial charge in [-0.05, 0) is 17.7 Å². The summed E-state index contributed by atoms with van der Waals surface area (Å²) in [6.07, 6.45) is 0.176. The van der Waals surface area contributed by atoms with E-state index in [9.17, 15) is 0 Å². The molecule has 0 aliphatic carbocycles. The number of aliphatic hydroxyl groups is 1. The van der Waals surface area contributed by atoms with E-state index >= 15 is 0 Å². The van der Waals surface area contributed by atoms with Gasteiger partial charge in [0.05, 0.1) is 33.0 Å². The highest BCUT2D eigenvalue weighted by atomic mass is 16.6. The van der Waals surface area contributed by atoms with Gasteiger partial charge in [0.2, 0.25) is 0 Å². The largest absolute Gasteiger partial charge is 0.497 e. The van der Waals surface area contributed by atoms with E-state index in [1.807, 2.05) is 24.3 Å². The highest BCUT2D eigenvalue weighted by Crippen LogP contribution is 2.29. The average molecular weight is 252 g/mol. The molecular weight excluding hydrogens is 232 g/mol. The molecular formula is C14H20O4. The third-order valence-corrected chi connectivity index (χ3v) is 3.17. The molecule has 0 aromatic heterocycles. The lowest BCUT2D eigenvalue weighted by atomic mass is 10.1. The van der Waals surface area contributed by atoms with Gasteiger partial charge in [-0.3, -0.25) is 0 Å². The molecule has 100 valence electrons. The predicted molar refractivity (Wildman–Crippen MR) is 67.6 cm³/mol. The second kappa shape index (κ2) is 6.18. The van der Waals surface area contributed by atoms with Crippen LogP contribution in [-0.2, 0) is 16.1 Å². The van der Waals surface area contributed by atoms with E-state index in [1.165, 1.54) is 0 Å². The molecule has 4 nitrogen and oxygen atoms in total. The lowest BCUT2D eigenvalue weighted by Crippen LogP contribution is -2.15. The molecule has 0 radical (unpaired) electrons. The van der Waals surface area contributed by atoms with Crippen LogP contribution >= 0.6 is 0 Å². The summed E-state index contributed by atoms with van der Waals surface area (Å²) in [6, 6.07) is 7.84. The number of hydrogen-bond donors (Lipinski definition) is 1. The van der Waals surface area contributed by atoms with Crippen molar-refractivity contribution in [3.8, 4) is 5.75 Å². The van der Waals surface area contributed by atoms with Gasteiger partial charge in [0, 0.05) is 5.92 Å². The van der Waals surface area contributed by atoms with Crippen LogP contribution in [0.1, 0.15) is 12.5 Å². The average Bonchev–Trinajstić information content (AvgIpc) is 3.19. The summed E-state index contributed by atoms with van der Waals surface area (Å²) < 4.78 is 16.1. The van der Waals surface area contributed by atoms with E-state index in [-0.39, 0.29) is 18.8 Å². The summed E-state index contributed by atoms with van der Waals surface area (Å²) in [7, 11) is 1.65. The van der Waals surface area contributed by atoms with Crippen LogP contribution in [0.25, 0.3) is 0 Å². The van der Waals surface area contributed by atoms with E-state index in [4.69, 9.17) is 19.3 Å². The fourth-order valence-electron chi connectivity index (χ4n) is 1.98. The SMILES string of the molecule is COc1ccc(COC[C@@H](C)[C@H]2O[C@H]2CO)cc1. The molecule has 1 aliphatic heterocycles. The predicted octanol–water partition coefficient (Wildman–Crippen LogP) is 1.61. The Kier molecular flexibility index (Phi) is 4.58. The number of methoxy groups -OCH3 is 1. The van der Waals surface area contributed by atoms with Crippen molar-refractivity contribution in [1.82, 2.24) is 0 Å². The molecule has 4 heteroatoms. The molecule has 2 rings (SSSR count). The van der Waals surface area contributed by atoms with E-state index in [2.05, 4.69) is 6.92 Å². The molecule has 1 aliphatic rings. The summed E-state index contributed by atoms with van der Waals surface area (Å²) in [5.41, 5.74) is 1.12. The monoisotopic (exact) mass is 252 g/mol. The number of epoxide rings is 1. The van der Waals surface area contributed by atoms with Crippen LogP contribution in [-0.4, -0.2) is 37.6 Å². The third-order valence-electron chi connectivity index (χ3n) is 3.17. The maximum atomic E-state index is 8.90. The van der Waals surface area contributed by atoms with Crippen LogP contribution < -0.4 is 4.74 Å². The van der Waals surface area contributed by atoms with E-state index in [0.29, 0.717) is 19.1 Å². The minimum absolute atomic E-state index is 0.0181. The molecule has 3 atom stereocenters. The van der Waals surface area contributed by atoms with E-state index in [0.717, 1.165) is 11.3 Å². The summed E-state index contributed by atoms with van der Waals surface area (Å²) >= 11 is 0. The molecule has 1 saturated heterocycles. The smallest absolute Gasteiger partial charge is 0.118 e. The van der Waals surface area contributed by atoms with Crippen molar-refractivity contribution in [3.63, 3.8) is 0 Å². The van der Waals surface area contributed by atoms with Gasteiger partial charge in [0.1, 0.15) is 11.9 Å². The highest BCUT2D eigenvalue weighted by Gasteiger charge is 2.42. The van der Waals surface area contributed by atoms with E-state index in [1.54, 1.807) is 7.11 Å². The molecule has 1 N–H and O–H groups in total. The molecule has 0 saturated carbocycles. The Bertz CT molecular complexity index is 363. The molecule has 1 fully saturated rings. The lowest BCUT2D eigenvalue weighted by Gasteiger charge is -2.10. The van der Waals surface area contributed by atoms with Gasteiger partial charge in [-0.1, -0.05) is 19.1 Å². The second-order valence-electron chi connectivity index (χ2n) is 4.66. The third kappa shape index (κ3) is 3.45. The van der Waals surface area contributed by atoms with Crippen LogP contribution in [0.5, 0.6) is 5.75 Å². The van der Waals surface area contributed by atoms with Crippen LogP contribution in [0, 0.1) is 5.92 Å². The number of hydrogen-bond acceptors (Lipinski definition) is 4. The molecule has 0 unspecified atom stereocenters. The fourth-order valence-corrected chi connectivity index (χ4v) is 1.98. The van der Waals surface area contributed by atoms with Crippen LogP contribution in [0.2, 0.25) is 0 Å². The Morgan fingerprint density at radius 1 is 1.33 bits per heavy atom. The minimum atomic E-state index is 0.0181.